The van der Waals surface area contributed by atoms with Gasteiger partial charge in [0.15, 0.2) is 0 Å². The number of hydrogen-bond acceptors (Lipinski definition) is 0. The van der Waals surface area contributed by atoms with E-state index < -0.39 is 6.51 Å². The van der Waals surface area contributed by atoms with Crippen molar-refractivity contribution in [1.82, 2.24) is 0 Å². The quantitative estimate of drug-likeness (QED) is 0.381. The molecule has 0 radical (unpaired) electrons. The van der Waals surface area contributed by atoms with Gasteiger partial charge in [0.25, 0.3) is 0 Å². The van der Waals surface area contributed by atoms with Crippen molar-refractivity contribution in [2.75, 3.05) is 5.33 Å². The SMILES string of the molecule is BrCCC[C]12[CH]3[CH]4[C]5(Br)[C]1(Br)[Fe]43521678[CH]2[CH]1[CH]6[CH]7[CH]28. The number of halogens is 3. The molecule has 1 spiro atoms. The Morgan fingerprint density at radius 2 is 1.53 bits per heavy atom. The molecule has 0 aromatic carbocycles. The van der Waals surface area contributed by atoms with Gasteiger partial charge in [-0.15, -0.1) is 0 Å². The van der Waals surface area contributed by atoms with Gasteiger partial charge in [-0.1, -0.05) is 0 Å². The molecule has 10 fully saturated rings. The van der Waals surface area contributed by atoms with Crippen LogP contribution in [0, 0.1) is 0 Å². The molecule has 0 nitrogen and oxygen atoms in total. The molecule has 10 aliphatic heterocycles. The summed E-state index contributed by atoms with van der Waals surface area (Å²) < 4.78 is 2.58. The van der Waals surface area contributed by atoms with Crippen molar-refractivity contribution >= 4 is 47.8 Å². The second-order valence-corrected chi connectivity index (χ2v) is 38.2. The van der Waals surface area contributed by atoms with Crippen LogP contribution in [0.2, 0.25) is 38.0 Å². The van der Waals surface area contributed by atoms with Crippen molar-refractivity contribution in [3.63, 3.8) is 0 Å². The molecule has 5 unspecified atom stereocenters. The first-order valence-electron chi connectivity index (χ1n) is 7.04. The maximum atomic E-state index is 4.51. The number of fused-ring (bicyclic) bond motifs is 10. The first kappa shape index (κ1) is 7.82. The molecule has 0 aliphatic carbocycles. The number of hydrogen-bond donors (Lipinski definition) is 0. The normalized spacial score (nSPS) is 128. The Hall–Kier alpha value is 1.96. The molecule has 10 heterocycles. The summed E-state index contributed by atoms with van der Waals surface area (Å²) in [6.45, 7) is -3.09. The average Bonchev–Trinajstić information content (AvgIpc) is 3.27. The van der Waals surface area contributed by atoms with E-state index in [9.17, 15) is 0 Å². The molecule has 0 N–H and O–H groups in total. The Balaban J connectivity index is 1.64. The molecule has 5 atom stereocenters. The van der Waals surface area contributed by atoms with Crippen molar-refractivity contribution in [3.8, 4) is 0 Å². The van der Waals surface area contributed by atoms with Gasteiger partial charge >= 0.3 is 117 Å². The minimum atomic E-state index is -3.09. The second kappa shape index (κ2) is 0.653. The van der Waals surface area contributed by atoms with Gasteiger partial charge in [-0.2, -0.15) is 0 Å². The van der Waals surface area contributed by atoms with Gasteiger partial charge in [0.1, 0.15) is 0 Å². The van der Waals surface area contributed by atoms with E-state index in [0.717, 1.165) is 10.8 Å². The van der Waals surface area contributed by atoms with E-state index in [1.165, 1.54) is 45.5 Å². The van der Waals surface area contributed by atoms with Gasteiger partial charge in [0, 0.05) is 0 Å². The molecule has 0 bridgehead atoms. The van der Waals surface area contributed by atoms with E-state index in [2.05, 4.69) is 47.8 Å². The van der Waals surface area contributed by atoms with Crippen LogP contribution in [0.4, 0.5) is 0 Å². The zero-order chi connectivity index (χ0) is 11.0. The van der Waals surface area contributed by atoms with Crippen molar-refractivity contribution in [3.05, 3.63) is 0 Å². The van der Waals surface area contributed by atoms with E-state index in [1.807, 2.05) is 0 Å². The van der Waals surface area contributed by atoms with Gasteiger partial charge in [-0.25, -0.2) is 0 Å². The topological polar surface area (TPSA) is 0 Å². The zero-order valence-electron chi connectivity index (χ0n) is 9.15. The molecule has 94 valence electrons. The molecule has 10 rings (SSSR count). The summed E-state index contributed by atoms with van der Waals surface area (Å²) in [5, 5.41) is 1.24. The van der Waals surface area contributed by atoms with E-state index in [1.54, 1.807) is 6.42 Å². The van der Waals surface area contributed by atoms with E-state index >= 15 is 0 Å². The molecule has 0 amide bonds. The number of alkyl halides is 3. The first-order valence-corrected chi connectivity index (χ1v) is 15.9. The summed E-state index contributed by atoms with van der Waals surface area (Å²) >= 11 is 12.7. The van der Waals surface area contributed by atoms with E-state index in [4.69, 9.17) is 0 Å². The fraction of sp³-hybridized carbons (Fsp3) is 1.00. The summed E-state index contributed by atoms with van der Waals surface area (Å²) in [6.07, 6.45) is 3.07. The summed E-state index contributed by atoms with van der Waals surface area (Å²) in [5.41, 5.74) is 0. The van der Waals surface area contributed by atoms with Crippen molar-refractivity contribution < 1.29 is 6.51 Å². The van der Waals surface area contributed by atoms with Gasteiger partial charge in [-0.05, 0) is 0 Å². The molecular formula is C13H13Br3Fe. The van der Waals surface area contributed by atoms with Crippen LogP contribution in [0.15, 0.2) is 0 Å². The third-order valence-electron chi connectivity index (χ3n) is 15.7. The predicted octanol–water partition coefficient (Wildman–Crippen LogP) is 5.53. The molecule has 10 aliphatic rings. The van der Waals surface area contributed by atoms with Crippen LogP contribution in [-0.4, -0.2) is 11.8 Å². The van der Waals surface area contributed by atoms with Crippen LogP contribution < -0.4 is 0 Å². The Kier molecular flexibility index (Phi) is 0.300. The van der Waals surface area contributed by atoms with Crippen LogP contribution in [0.3, 0.4) is 0 Å². The molecule has 0 aromatic rings. The van der Waals surface area contributed by atoms with Crippen LogP contribution in [-0.2, 0) is 6.51 Å². The fourth-order valence-corrected chi connectivity index (χ4v) is 120. The van der Waals surface area contributed by atoms with Crippen LogP contribution in [0.5, 0.6) is 0 Å². The Morgan fingerprint density at radius 1 is 0.941 bits per heavy atom. The molecule has 0 saturated carbocycles. The van der Waals surface area contributed by atoms with Gasteiger partial charge in [0.2, 0.25) is 0 Å². The molecule has 10 saturated heterocycles. The fourth-order valence-electron chi connectivity index (χ4n) is 17.7. The van der Waals surface area contributed by atoms with Crippen LogP contribution in [0.1, 0.15) is 12.8 Å². The molecule has 17 heavy (non-hydrogen) atoms. The van der Waals surface area contributed by atoms with Crippen LogP contribution >= 0.6 is 47.8 Å². The van der Waals surface area contributed by atoms with Crippen LogP contribution in [0.25, 0.3) is 0 Å². The Labute approximate surface area is 116 Å². The molecule has 4 heteroatoms. The van der Waals surface area contributed by atoms with Gasteiger partial charge < -0.3 is 0 Å². The summed E-state index contributed by atoms with van der Waals surface area (Å²) in [6, 6.07) is 0. The Morgan fingerprint density at radius 3 is 1.76 bits per heavy atom. The minimum absolute atomic E-state index is 0.786. The first-order chi connectivity index (χ1) is 7.89. The number of rotatable bonds is 3. The van der Waals surface area contributed by atoms with Gasteiger partial charge in [-0.3, -0.25) is 0 Å². The summed E-state index contributed by atoms with van der Waals surface area (Å²) in [7, 11) is 0. The van der Waals surface area contributed by atoms with Crippen molar-refractivity contribution in [2.24, 2.45) is 0 Å². The monoisotopic (exact) mass is 462 g/mol. The van der Waals surface area contributed by atoms with Crippen molar-refractivity contribution in [1.29, 1.82) is 0 Å². The predicted molar refractivity (Wildman–Crippen MR) is 75.3 cm³/mol. The van der Waals surface area contributed by atoms with E-state index in [-0.39, 0.29) is 0 Å². The zero-order valence-corrected chi connectivity index (χ0v) is 15.0. The standard InChI is InChI=1S/C8H8Br3.C5H5.Fe/c9-5-1-2-6-3-4-7(10)8(6)11;1-2-4-5-3-1;/h3-4H,1-2,5H2;1-5H;. The second-order valence-electron chi connectivity index (χ2n) is 10.6. The maximum absolute atomic E-state index is 4.51. The summed E-state index contributed by atoms with van der Waals surface area (Å²) in [4.78, 5) is 9.67. The molecule has 0 aromatic heterocycles. The average molecular weight is 465 g/mol. The third kappa shape index (κ3) is 0.0744. The van der Waals surface area contributed by atoms with E-state index in [0.29, 0.717) is 0 Å². The Bertz CT molecular complexity index is 1000. The summed E-state index contributed by atoms with van der Waals surface area (Å²) in [5.74, 6) is 0. The van der Waals surface area contributed by atoms with Crippen molar-refractivity contribution in [2.45, 2.75) is 57.3 Å². The van der Waals surface area contributed by atoms with Gasteiger partial charge in [0.05, 0.1) is 0 Å². The third-order valence-corrected chi connectivity index (χ3v) is 74.9. The molecular weight excluding hydrogens is 452 g/mol.